The summed E-state index contributed by atoms with van der Waals surface area (Å²) >= 11 is 6.08. The smallest absolute Gasteiger partial charge is 0.272 e. The Morgan fingerprint density at radius 1 is 0.806 bits per heavy atom. The number of rotatable bonds is 8. The summed E-state index contributed by atoms with van der Waals surface area (Å²) in [6, 6.07) is 25.4. The standard InChI is InChI=1S/C29H21ClN2O4/c30-23-9-4-6-20(18-23)19-26(32-28(34)22-7-2-1-3-8-22)29(35)31-24-13-11-21(12-14-24)27(33)16-15-25-10-5-17-36-25/h1-19H,(H,31,35)(H,32,34)/b16-15+,26-19-. The molecular formula is C29H21ClN2O4. The van der Waals surface area contributed by atoms with Crippen LogP contribution in [0.15, 0.2) is 113 Å². The summed E-state index contributed by atoms with van der Waals surface area (Å²) < 4.78 is 5.18. The number of hydrogen-bond acceptors (Lipinski definition) is 4. The number of ketones is 1. The van der Waals surface area contributed by atoms with E-state index in [-0.39, 0.29) is 11.5 Å². The highest BCUT2D eigenvalue weighted by Gasteiger charge is 2.15. The maximum Gasteiger partial charge on any atom is 0.272 e. The van der Waals surface area contributed by atoms with Crippen LogP contribution in [0, 0.1) is 0 Å². The number of halogens is 1. The third-order valence-electron chi connectivity index (χ3n) is 5.06. The van der Waals surface area contributed by atoms with Crippen LogP contribution in [-0.2, 0) is 4.79 Å². The molecule has 0 spiro atoms. The van der Waals surface area contributed by atoms with Crippen molar-refractivity contribution in [1.29, 1.82) is 0 Å². The van der Waals surface area contributed by atoms with Crippen molar-refractivity contribution in [3.63, 3.8) is 0 Å². The molecule has 0 fully saturated rings. The topological polar surface area (TPSA) is 88.4 Å². The van der Waals surface area contributed by atoms with Crippen molar-refractivity contribution in [1.82, 2.24) is 5.32 Å². The lowest BCUT2D eigenvalue weighted by molar-refractivity contribution is -0.113. The Kier molecular flexibility index (Phi) is 7.90. The van der Waals surface area contributed by atoms with Gasteiger partial charge in [-0.3, -0.25) is 14.4 Å². The van der Waals surface area contributed by atoms with Gasteiger partial charge in [-0.15, -0.1) is 0 Å². The van der Waals surface area contributed by atoms with Crippen molar-refractivity contribution >= 4 is 47.0 Å². The molecule has 0 aliphatic carbocycles. The zero-order valence-electron chi connectivity index (χ0n) is 19.0. The molecule has 0 aliphatic rings. The van der Waals surface area contributed by atoms with E-state index in [1.165, 1.54) is 12.3 Å². The van der Waals surface area contributed by atoms with Crippen LogP contribution in [-0.4, -0.2) is 17.6 Å². The molecule has 0 radical (unpaired) electrons. The fraction of sp³-hybridized carbons (Fsp3) is 0. The molecule has 1 aromatic heterocycles. The van der Waals surface area contributed by atoms with Crippen molar-refractivity contribution in [2.45, 2.75) is 0 Å². The Balaban J connectivity index is 1.50. The Hall–Kier alpha value is -4.68. The average molecular weight is 497 g/mol. The molecular weight excluding hydrogens is 476 g/mol. The second kappa shape index (κ2) is 11.6. The zero-order valence-corrected chi connectivity index (χ0v) is 19.7. The van der Waals surface area contributed by atoms with Gasteiger partial charge in [-0.25, -0.2) is 0 Å². The Morgan fingerprint density at radius 2 is 1.58 bits per heavy atom. The number of amides is 2. The van der Waals surface area contributed by atoms with Gasteiger partial charge in [0.2, 0.25) is 0 Å². The van der Waals surface area contributed by atoms with Gasteiger partial charge in [-0.1, -0.05) is 41.9 Å². The van der Waals surface area contributed by atoms with Gasteiger partial charge in [0.1, 0.15) is 11.5 Å². The highest BCUT2D eigenvalue weighted by molar-refractivity contribution is 6.30. The maximum absolute atomic E-state index is 13.1. The summed E-state index contributed by atoms with van der Waals surface area (Å²) in [5, 5.41) is 5.93. The number of anilines is 1. The first-order valence-electron chi connectivity index (χ1n) is 11.0. The fourth-order valence-electron chi connectivity index (χ4n) is 3.26. The van der Waals surface area contributed by atoms with Crippen LogP contribution in [0.4, 0.5) is 5.69 Å². The number of nitrogens with one attached hydrogen (secondary N) is 2. The SMILES string of the molecule is O=C(Nc1ccc(C(=O)/C=C/c2ccco2)cc1)/C(=C/c1cccc(Cl)c1)NC(=O)c1ccccc1. The first-order valence-corrected chi connectivity index (χ1v) is 11.4. The molecule has 0 saturated carbocycles. The number of benzene rings is 3. The number of allylic oxidation sites excluding steroid dienone is 1. The number of furan rings is 1. The van der Waals surface area contributed by atoms with Gasteiger partial charge in [-0.05, 0) is 84.5 Å². The third-order valence-corrected chi connectivity index (χ3v) is 5.29. The van der Waals surface area contributed by atoms with Gasteiger partial charge in [0.15, 0.2) is 5.78 Å². The fourth-order valence-corrected chi connectivity index (χ4v) is 3.46. The summed E-state index contributed by atoms with van der Waals surface area (Å²) in [6.45, 7) is 0. The minimum Gasteiger partial charge on any atom is -0.465 e. The number of carbonyl (C=O) groups is 3. The normalized spacial score (nSPS) is 11.3. The molecule has 0 atom stereocenters. The number of hydrogen-bond donors (Lipinski definition) is 2. The zero-order chi connectivity index (χ0) is 25.3. The quantitative estimate of drug-likeness (QED) is 0.223. The average Bonchev–Trinajstić information content (AvgIpc) is 3.41. The molecule has 2 amide bonds. The van der Waals surface area contributed by atoms with Gasteiger partial charge in [0, 0.05) is 21.8 Å². The Morgan fingerprint density at radius 3 is 2.28 bits per heavy atom. The summed E-state index contributed by atoms with van der Waals surface area (Å²) in [4.78, 5) is 38.2. The molecule has 3 aromatic carbocycles. The molecule has 7 heteroatoms. The van der Waals surface area contributed by atoms with Crippen LogP contribution >= 0.6 is 11.6 Å². The van der Waals surface area contributed by atoms with Crippen molar-refractivity contribution in [3.05, 3.63) is 137 Å². The first-order chi connectivity index (χ1) is 17.5. The minimum absolute atomic E-state index is 0.0349. The summed E-state index contributed by atoms with van der Waals surface area (Å²) in [6.07, 6.45) is 6.07. The molecule has 4 rings (SSSR count). The third kappa shape index (κ3) is 6.68. The van der Waals surface area contributed by atoms with Crippen LogP contribution in [0.1, 0.15) is 32.0 Å². The summed E-state index contributed by atoms with van der Waals surface area (Å²) in [5.41, 5.74) is 1.99. The van der Waals surface area contributed by atoms with Gasteiger partial charge in [-0.2, -0.15) is 0 Å². The van der Waals surface area contributed by atoms with Crippen molar-refractivity contribution in [2.75, 3.05) is 5.32 Å². The van der Waals surface area contributed by atoms with Gasteiger partial charge in [0.05, 0.1) is 6.26 Å². The second-order valence-corrected chi connectivity index (χ2v) is 8.11. The minimum atomic E-state index is -0.531. The Bertz CT molecular complexity index is 1420. The molecule has 6 nitrogen and oxygen atoms in total. The van der Waals surface area contributed by atoms with Crippen molar-refractivity contribution in [3.8, 4) is 0 Å². The molecule has 4 aromatic rings. The predicted molar refractivity (Wildman–Crippen MR) is 140 cm³/mol. The molecule has 1 heterocycles. The van der Waals surface area contributed by atoms with E-state index >= 15 is 0 Å². The van der Waals surface area contributed by atoms with Crippen LogP contribution in [0.3, 0.4) is 0 Å². The van der Waals surface area contributed by atoms with E-state index in [0.717, 1.165) is 0 Å². The molecule has 0 saturated heterocycles. The van der Waals surface area contributed by atoms with Crippen molar-refractivity contribution < 1.29 is 18.8 Å². The molecule has 0 unspecified atom stereocenters. The lowest BCUT2D eigenvalue weighted by Crippen LogP contribution is -2.30. The van der Waals surface area contributed by atoms with Crippen LogP contribution in [0.5, 0.6) is 0 Å². The second-order valence-electron chi connectivity index (χ2n) is 7.68. The van der Waals surface area contributed by atoms with Crippen LogP contribution < -0.4 is 10.6 Å². The lowest BCUT2D eigenvalue weighted by Gasteiger charge is -2.12. The van der Waals surface area contributed by atoms with Gasteiger partial charge >= 0.3 is 0 Å². The van der Waals surface area contributed by atoms with Crippen LogP contribution in [0.25, 0.3) is 12.2 Å². The van der Waals surface area contributed by atoms with E-state index in [9.17, 15) is 14.4 Å². The van der Waals surface area contributed by atoms with E-state index in [0.29, 0.717) is 33.2 Å². The highest BCUT2D eigenvalue weighted by atomic mass is 35.5. The van der Waals surface area contributed by atoms with Crippen molar-refractivity contribution in [2.24, 2.45) is 0 Å². The lowest BCUT2D eigenvalue weighted by atomic mass is 10.1. The largest absolute Gasteiger partial charge is 0.465 e. The predicted octanol–water partition coefficient (Wildman–Crippen LogP) is 6.24. The van der Waals surface area contributed by atoms with Gasteiger partial charge in [0.25, 0.3) is 11.8 Å². The molecule has 36 heavy (non-hydrogen) atoms. The molecule has 0 bridgehead atoms. The highest BCUT2D eigenvalue weighted by Crippen LogP contribution is 2.16. The van der Waals surface area contributed by atoms with E-state index in [1.807, 2.05) is 0 Å². The van der Waals surface area contributed by atoms with Crippen LogP contribution in [0.2, 0.25) is 5.02 Å². The first kappa shape index (κ1) is 24.4. The number of carbonyl (C=O) groups excluding carboxylic acids is 3. The van der Waals surface area contributed by atoms with E-state index in [1.54, 1.807) is 103 Å². The Labute approximate surface area is 212 Å². The summed E-state index contributed by atoms with van der Waals surface area (Å²) in [5.74, 6) is -0.593. The van der Waals surface area contributed by atoms with E-state index < -0.39 is 11.8 Å². The van der Waals surface area contributed by atoms with E-state index in [2.05, 4.69) is 10.6 Å². The monoisotopic (exact) mass is 496 g/mol. The summed E-state index contributed by atoms with van der Waals surface area (Å²) in [7, 11) is 0. The van der Waals surface area contributed by atoms with Gasteiger partial charge < -0.3 is 15.1 Å². The molecule has 178 valence electrons. The maximum atomic E-state index is 13.1. The molecule has 2 N–H and O–H groups in total. The molecule has 0 aliphatic heterocycles. The van der Waals surface area contributed by atoms with E-state index in [4.69, 9.17) is 16.0 Å².